The fourth-order valence-corrected chi connectivity index (χ4v) is 1.89. The maximum atomic E-state index is 5.60. The minimum atomic E-state index is 0.419. The van der Waals surface area contributed by atoms with Crippen LogP contribution < -0.4 is 4.72 Å². The Bertz CT molecular complexity index is 104. The van der Waals surface area contributed by atoms with Crippen molar-refractivity contribution >= 4 is 11.9 Å². The van der Waals surface area contributed by atoms with Crippen LogP contribution in [0.3, 0.4) is 0 Å². The van der Waals surface area contributed by atoms with Crippen LogP contribution in [0, 0.1) is 0 Å². The lowest BCUT2D eigenvalue weighted by Crippen LogP contribution is -2.25. The molecule has 0 aromatic heterocycles. The van der Waals surface area contributed by atoms with Gasteiger partial charge in [0.05, 0.1) is 12.7 Å². The fourth-order valence-electron chi connectivity index (χ4n) is 0.953. The molecule has 0 aromatic rings. The summed E-state index contributed by atoms with van der Waals surface area (Å²) in [5.74, 6) is 1.23. The predicted octanol–water partition coefficient (Wildman–Crippen LogP) is 1.81. The SMILES string of the molecule is CCC(C)OCC1CCSN1. The molecule has 2 unspecified atom stereocenters. The Hall–Kier alpha value is 0.270. The normalized spacial score (nSPS) is 27.3. The monoisotopic (exact) mass is 175 g/mol. The van der Waals surface area contributed by atoms with E-state index in [4.69, 9.17) is 4.74 Å². The molecule has 1 saturated heterocycles. The molecule has 2 nitrogen and oxygen atoms in total. The predicted molar refractivity (Wildman–Crippen MR) is 49.7 cm³/mol. The number of ether oxygens (including phenoxy) is 1. The lowest BCUT2D eigenvalue weighted by Gasteiger charge is -2.14. The molecule has 11 heavy (non-hydrogen) atoms. The molecule has 0 aromatic carbocycles. The summed E-state index contributed by atoms with van der Waals surface area (Å²) in [4.78, 5) is 0. The van der Waals surface area contributed by atoms with E-state index >= 15 is 0 Å². The van der Waals surface area contributed by atoms with Crippen molar-refractivity contribution in [3.63, 3.8) is 0 Å². The lowest BCUT2D eigenvalue weighted by atomic mass is 10.2. The Labute approximate surface area is 73.2 Å². The number of hydrogen-bond acceptors (Lipinski definition) is 3. The summed E-state index contributed by atoms with van der Waals surface area (Å²) in [6, 6.07) is 0.592. The second kappa shape index (κ2) is 5.01. The molecule has 66 valence electrons. The van der Waals surface area contributed by atoms with Gasteiger partial charge in [-0.25, -0.2) is 0 Å². The molecule has 1 heterocycles. The van der Waals surface area contributed by atoms with Gasteiger partial charge in [-0.15, -0.1) is 0 Å². The van der Waals surface area contributed by atoms with Crippen LogP contribution in [-0.4, -0.2) is 24.5 Å². The molecule has 0 aliphatic carbocycles. The van der Waals surface area contributed by atoms with Gasteiger partial charge in [-0.3, -0.25) is 4.72 Å². The first-order valence-corrected chi connectivity index (χ1v) is 5.30. The Kier molecular flexibility index (Phi) is 4.26. The largest absolute Gasteiger partial charge is 0.377 e. The van der Waals surface area contributed by atoms with Crippen LogP contribution >= 0.6 is 11.9 Å². The van der Waals surface area contributed by atoms with Crippen molar-refractivity contribution in [3.05, 3.63) is 0 Å². The molecule has 0 spiro atoms. The van der Waals surface area contributed by atoms with Gasteiger partial charge in [0.1, 0.15) is 0 Å². The maximum absolute atomic E-state index is 5.60. The van der Waals surface area contributed by atoms with Gasteiger partial charge in [-0.1, -0.05) is 18.9 Å². The Morgan fingerprint density at radius 1 is 1.73 bits per heavy atom. The molecule has 0 bridgehead atoms. The molecule has 1 aliphatic heterocycles. The molecule has 0 radical (unpaired) electrons. The molecular weight excluding hydrogens is 158 g/mol. The zero-order chi connectivity index (χ0) is 8.10. The summed E-state index contributed by atoms with van der Waals surface area (Å²) in [5.41, 5.74) is 0. The van der Waals surface area contributed by atoms with Crippen LogP contribution in [0.5, 0.6) is 0 Å². The van der Waals surface area contributed by atoms with Crippen LogP contribution in [0.25, 0.3) is 0 Å². The molecular formula is C8H17NOS. The molecule has 1 N–H and O–H groups in total. The second-order valence-corrected chi connectivity index (χ2v) is 3.94. The first-order chi connectivity index (χ1) is 5.33. The van der Waals surface area contributed by atoms with E-state index in [0.29, 0.717) is 12.1 Å². The van der Waals surface area contributed by atoms with Crippen molar-refractivity contribution in [3.8, 4) is 0 Å². The van der Waals surface area contributed by atoms with Crippen LogP contribution in [-0.2, 0) is 4.74 Å². The number of nitrogens with one attached hydrogen (secondary N) is 1. The summed E-state index contributed by atoms with van der Waals surface area (Å²) in [5, 5.41) is 0. The van der Waals surface area contributed by atoms with E-state index in [2.05, 4.69) is 18.6 Å². The van der Waals surface area contributed by atoms with Crippen LogP contribution in [0.15, 0.2) is 0 Å². The van der Waals surface area contributed by atoms with Crippen LogP contribution in [0.1, 0.15) is 26.7 Å². The molecule has 0 saturated carbocycles. The van der Waals surface area contributed by atoms with Crippen LogP contribution in [0.4, 0.5) is 0 Å². The molecule has 1 fully saturated rings. The Morgan fingerprint density at radius 3 is 3.09 bits per heavy atom. The van der Waals surface area contributed by atoms with Crippen molar-refractivity contribution in [2.24, 2.45) is 0 Å². The van der Waals surface area contributed by atoms with Crippen molar-refractivity contribution < 1.29 is 4.74 Å². The van der Waals surface area contributed by atoms with Gasteiger partial charge in [0.25, 0.3) is 0 Å². The lowest BCUT2D eigenvalue weighted by molar-refractivity contribution is 0.0525. The second-order valence-electron chi connectivity index (χ2n) is 3.00. The highest BCUT2D eigenvalue weighted by Crippen LogP contribution is 2.13. The van der Waals surface area contributed by atoms with Crippen molar-refractivity contribution in [1.29, 1.82) is 0 Å². The van der Waals surface area contributed by atoms with E-state index in [9.17, 15) is 0 Å². The first kappa shape index (κ1) is 9.36. The van der Waals surface area contributed by atoms with Gasteiger partial charge in [-0.05, 0) is 19.8 Å². The maximum Gasteiger partial charge on any atom is 0.0632 e. The van der Waals surface area contributed by atoms with Gasteiger partial charge in [0.2, 0.25) is 0 Å². The highest BCUT2D eigenvalue weighted by molar-refractivity contribution is 7.97. The van der Waals surface area contributed by atoms with E-state index in [1.807, 2.05) is 11.9 Å². The van der Waals surface area contributed by atoms with Gasteiger partial charge >= 0.3 is 0 Å². The highest BCUT2D eigenvalue weighted by atomic mass is 32.2. The molecule has 1 rings (SSSR count). The number of hydrogen-bond donors (Lipinski definition) is 1. The average molecular weight is 175 g/mol. The molecule has 1 aliphatic rings. The van der Waals surface area contributed by atoms with E-state index in [-0.39, 0.29) is 0 Å². The highest BCUT2D eigenvalue weighted by Gasteiger charge is 2.15. The van der Waals surface area contributed by atoms with Gasteiger partial charge in [-0.2, -0.15) is 0 Å². The van der Waals surface area contributed by atoms with Gasteiger partial charge in [0, 0.05) is 11.8 Å². The van der Waals surface area contributed by atoms with E-state index in [1.54, 1.807) is 0 Å². The third-order valence-corrected chi connectivity index (χ3v) is 2.92. The van der Waals surface area contributed by atoms with E-state index < -0.39 is 0 Å². The summed E-state index contributed by atoms with van der Waals surface area (Å²) >= 11 is 1.81. The van der Waals surface area contributed by atoms with Gasteiger partial charge in [0.15, 0.2) is 0 Å². The van der Waals surface area contributed by atoms with E-state index in [0.717, 1.165) is 13.0 Å². The summed E-state index contributed by atoms with van der Waals surface area (Å²) in [6.45, 7) is 5.16. The number of rotatable bonds is 4. The first-order valence-electron chi connectivity index (χ1n) is 4.32. The minimum absolute atomic E-state index is 0.419. The van der Waals surface area contributed by atoms with Crippen molar-refractivity contribution in [2.45, 2.75) is 38.8 Å². The minimum Gasteiger partial charge on any atom is -0.377 e. The zero-order valence-electron chi connectivity index (χ0n) is 7.30. The zero-order valence-corrected chi connectivity index (χ0v) is 8.12. The fraction of sp³-hybridized carbons (Fsp3) is 1.00. The van der Waals surface area contributed by atoms with Crippen LogP contribution in [0.2, 0.25) is 0 Å². The van der Waals surface area contributed by atoms with Crippen molar-refractivity contribution in [1.82, 2.24) is 4.72 Å². The third kappa shape index (κ3) is 3.45. The quantitative estimate of drug-likeness (QED) is 0.658. The third-order valence-electron chi connectivity index (χ3n) is 1.98. The molecule has 2 atom stereocenters. The standard InChI is InChI=1S/C8H17NOS/c1-3-7(2)10-6-8-4-5-11-9-8/h7-9H,3-6H2,1-2H3. The summed E-state index contributed by atoms with van der Waals surface area (Å²) in [6.07, 6.45) is 2.78. The average Bonchev–Trinajstić information content (AvgIpc) is 2.52. The Balaban J connectivity index is 2.01. The van der Waals surface area contributed by atoms with Gasteiger partial charge < -0.3 is 4.74 Å². The molecule has 3 heteroatoms. The van der Waals surface area contributed by atoms with E-state index in [1.165, 1.54) is 12.2 Å². The summed E-state index contributed by atoms with van der Waals surface area (Å²) < 4.78 is 8.93. The smallest absolute Gasteiger partial charge is 0.0632 e. The molecule has 0 amide bonds. The van der Waals surface area contributed by atoms with Crippen molar-refractivity contribution in [2.75, 3.05) is 12.4 Å². The topological polar surface area (TPSA) is 21.3 Å². The Morgan fingerprint density at radius 2 is 2.55 bits per heavy atom. The summed E-state index contributed by atoms with van der Waals surface area (Å²) in [7, 11) is 0.